The smallest absolute Gasteiger partial charge is 0.242 e. The fourth-order valence-corrected chi connectivity index (χ4v) is 3.35. The quantitative estimate of drug-likeness (QED) is 0.577. The van der Waals surface area contributed by atoms with E-state index in [9.17, 15) is 9.59 Å². The Kier molecular flexibility index (Phi) is 9.57. The lowest BCUT2D eigenvalue weighted by Crippen LogP contribution is -2.49. The van der Waals surface area contributed by atoms with E-state index in [1.165, 1.54) is 5.56 Å². The lowest BCUT2D eigenvalue weighted by atomic mass is 10.0. The van der Waals surface area contributed by atoms with E-state index in [4.69, 9.17) is 4.74 Å². The maximum absolute atomic E-state index is 13.2. The molecule has 2 rings (SSSR count). The summed E-state index contributed by atoms with van der Waals surface area (Å²) < 4.78 is 5.31. The van der Waals surface area contributed by atoms with Crippen LogP contribution in [0.15, 0.2) is 48.5 Å². The summed E-state index contributed by atoms with van der Waals surface area (Å²) in [6.45, 7) is 8.28. The summed E-state index contributed by atoms with van der Waals surface area (Å²) in [5.74, 6) is 0.574. The Bertz CT molecular complexity index is 848. The molecule has 0 aliphatic rings. The average Bonchev–Trinajstić information content (AvgIpc) is 2.80. The standard InChI is InChI=1S/C26H36N2O3/c1-6-19(3)27-26(30)20(4)28(18-23-9-8-10-24(17-23)31-5)25(29)16-15-22-13-11-21(7-2)12-14-22/h8-14,17,19-20H,6-7,15-16,18H2,1-5H3,(H,27,30)/t19-,20-/m0/s1. The summed E-state index contributed by atoms with van der Waals surface area (Å²) in [4.78, 5) is 27.7. The number of carbonyl (C=O) groups is 2. The van der Waals surface area contributed by atoms with Crippen molar-refractivity contribution in [3.05, 3.63) is 65.2 Å². The number of nitrogens with one attached hydrogen (secondary N) is 1. The van der Waals surface area contributed by atoms with E-state index in [0.717, 1.165) is 29.7 Å². The summed E-state index contributed by atoms with van der Waals surface area (Å²) >= 11 is 0. The Balaban J connectivity index is 2.15. The van der Waals surface area contributed by atoms with E-state index in [-0.39, 0.29) is 17.9 Å². The lowest BCUT2D eigenvalue weighted by molar-refractivity contribution is -0.140. The highest BCUT2D eigenvalue weighted by molar-refractivity contribution is 5.87. The molecule has 0 bridgehead atoms. The SMILES string of the molecule is CCc1ccc(CCC(=O)N(Cc2cccc(OC)c2)[C@@H](C)C(=O)N[C@@H](C)CC)cc1. The number of nitrogens with zero attached hydrogens (tertiary/aromatic N) is 1. The van der Waals surface area contributed by atoms with Crippen molar-refractivity contribution in [2.24, 2.45) is 0 Å². The van der Waals surface area contributed by atoms with Crippen LogP contribution in [0.4, 0.5) is 0 Å². The number of hydrogen-bond donors (Lipinski definition) is 1. The first-order valence-electron chi connectivity index (χ1n) is 11.2. The first-order valence-corrected chi connectivity index (χ1v) is 11.2. The van der Waals surface area contributed by atoms with Crippen LogP contribution in [0.1, 0.15) is 57.2 Å². The minimum Gasteiger partial charge on any atom is -0.497 e. The van der Waals surface area contributed by atoms with Gasteiger partial charge in [-0.15, -0.1) is 0 Å². The van der Waals surface area contributed by atoms with Gasteiger partial charge in [-0.25, -0.2) is 0 Å². The molecule has 2 aromatic rings. The van der Waals surface area contributed by atoms with E-state index >= 15 is 0 Å². The third kappa shape index (κ3) is 7.42. The second-order valence-corrected chi connectivity index (χ2v) is 8.04. The number of rotatable bonds is 11. The Morgan fingerprint density at radius 1 is 1.00 bits per heavy atom. The van der Waals surface area contributed by atoms with Crippen molar-refractivity contribution in [2.45, 2.75) is 72.0 Å². The molecular weight excluding hydrogens is 388 g/mol. The number of benzene rings is 2. The van der Waals surface area contributed by atoms with Crippen molar-refractivity contribution < 1.29 is 14.3 Å². The Morgan fingerprint density at radius 2 is 1.68 bits per heavy atom. The molecule has 2 aromatic carbocycles. The maximum atomic E-state index is 13.2. The van der Waals surface area contributed by atoms with Crippen LogP contribution in [-0.2, 0) is 29.0 Å². The molecule has 1 N–H and O–H groups in total. The summed E-state index contributed by atoms with van der Waals surface area (Å²) in [7, 11) is 1.62. The van der Waals surface area contributed by atoms with Crippen LogP contribution in [-0.4, -0.2) is 35.9 Å². The first-order chi connectivity index (χ1) is 14.9. The highest BCUT2D eigenvalue weighted by atomic mass is 16.5. The Morgan fingerprint density at radius 3 is 2.29 bits per heavy atom. The van der Waals surface area contributed by atoms with Crippen LogP contribution in [0.3, 0.4) is 0 Å². The number of methoxy groups -OCH3 is 1. The van der Waals surface area contributed by atoms with E-state index < -0.39 is 6.04 Å². The Hall–Kier alpha value is -2.82. The summed E-state index contributed by atoms with van der Waals surface area (Å²) in [5, 5.41) is 3.00. The van der Waals surface area contributed by atoms with Crippen LogP contribution in [0.5, 0.6) is 5.75 Å². The van der Waals surface area contributed by atoms with Crippen molar-refractivity contribution in [1.82, 2.24) is 10.2 Å². The van der Waals surface area contributed by atoms with Gasteiger partial charge < -0.3 is 15.0 Å². The van der Waals surface area contributed by atoms with E-state index in [1.54, 1.807) is 18.9 Å². The van der Waals surface area contributed by atoms with Crippen molar-refractivity contribution in [2.75, 3.05) is 7.11 Å². The van der Waals surface area contributed by atoms with Crippen LogP contribution in [0.25, 0.3) is 0 Å². The molecule has 0 aromatic heterocycles. The van der Waals surface area contributed by atoms with Gasteiger partial charge >= 0.3 is 0 Å². The zero-order chi connectivity index (χ0) is 22.8. The number of carbonyl (C=O) groups excluding carboxylic acids is 2. The first kappa shape index (κ1) is 24.4. The summed E-state index contributed by atoms with van der Waals surface area (Å²) in [6.07, 6.45) is 2.85. The van der Waals surface area contributed by atoms with Gasteiger partial charge in [-0.05, 0) is 61.9 Å². The van der Waals surface area contributed by atoms with Crippen molar-refractivity contribution >= 4 is 11.8 Å². The molecule has 0 fully saturated rings. The largest absolute Gasteiger partial charge is 0.497 e. The highest BCUT2D eigenvalue weighted by Crippen LogP contribution is 2.18. The van der Waals surface area contributed by atoms with Gasteiger partial charge in [0.1, 0.15) is 11.8 Å². The number of aryl methyl sites for hydroxylation is 2. The Labute approximate surface area is 186 Å². The molecule has 2 amide bonds. The van der Waals surface area contributed by atoms with E-state index in [0.29, 0.717) is 19.4 Å². The van der Waals surface area contributed by atoms with Crippen LogP contribution in [0, 0.1) is 0 Å². The molecule has 0 unspecified atom stereocenters. The molecule has 31 heavy (non-hydrogen) atoms. The monoisotopic (exact) mass is 424 g/mol. The predicted octanol–water partition coefficient (Wildman–Crippen LogP) is 4.52. The van der Waals surface area contributed by atoms with Gasteiger partial charge in [-0.1, -0.05) is 50.2 Å². The molecule has 0 radical (unpaired) electrons. The molecule has 0 saturated heterocycles. The maximum Gasteiger partial charge on any atom is 0.242 e. The van der Waals surface area contributed by atoms with Crippen molar-refractivity contribution in [3.8, 4) is 5.75 Å². The number of ether oxygens (including phenoxy) is 1. The molecule has 5 nitrogen and oxygen atoms in total. The van der Waals surface area contributed by atoms with Crippen LogP contribution in [0.2, 0.25) is 0 Å². The summed E-state index contributed by atoms with van der Waals surface area (Å²) in [6, 6.07) is 15.5. The lowest BCUT2D eigenvalue weighted by Gasteiger charge is -2.30. The minimum atomic E-state index is -0.560. The molecule has 5 heteroatoms. The zero-order valence-corrected chi connectivity index (χ0v) is 19.5. The third-order valence-electron chi connectivity index (χ3n) is 5.71. The second-order valence-electron chi connectivity index (χ2n) is 8.04. The topological polar surface area (TPSA) is 58.6 Å². The highest BCUT2D eigenvalue weighted by Gasteiger charge is 2.26. The molecule has 0 aliphatic heterocycles. The van der Waals surface area contributed by atoms with Gasteiger partial charge in [0.25, 0.3) is 0 Å². The van der Waals surface area contributed by atoms with E-state index in [1.807, 2.05) is 38.1 Å². The molecule has 2 atom stereocenters. The molecule has 0 heterocycles. The minimum absolute atomic E-state index is 0.0332. The van der Waals surface area contributed by atoms with Gasteiger partial charge in [0.05, 0.1) is 7.11 Å². The summed E-state index contributed by atoms with van der Waals surface area (Å²) in [5.41, 5.74) is 3.34. The van der Waals surface area contributed by atoms with Gasteiger partial charge in [0.2, 0.25) is 11.8 Å². The van der Waals surface area contributed by atoms with Crippen LogP contribution < -0.4 is 10.1 Å². The fraction of sp³-hybridized carbons (Fsp3) is 0.462. The average molecular weight is 425 g/mol. The van der Waals surface area contributed by atoms with Gasteiger partial charge in [0.15, 0.2) is 0 Å². The van der Waals surface area contributed by atoms with Gasteiger partial charge in [-0.2, -0.15) is 0 Å². The third-order valence-corrected chi connectivity index (χ3v) is 5.71. The number of hydrogen-bond acceptors (Lipinski definition) is 3. The van der Waals surface area contributed by atoms with Gasteiger partial charge in [0, 0.05) is 19.0 Å². The zero-order valence-electron chi connectivity index (χ0n) is 19.5. The van der Waals surface area contributed by atoms with Crippen molar-refractivity contribution in [3.63, 3.8) is 0 Å². The fourth-order valence-electron chi connectivity index (χ4n) is 3.35. The molecule has 0 spiro atoms. The molecule has 0 aliphatic carbocycles. The predicted molar refractivity (Wildman–Crippen MR) is 125 cm³/mol. The van der Waals surface area contributed by atoms with E-state index in [2.05, 4.69) is 36.5 Å². The second kappa shape index (κ2) is 12.1. The molecule has 0 saturated carbocycles. The van der Waals surface area contributed by atoms with Crippen LogP contribution >= 0.6 is 0 Å². The van der Waals surface area contributed by atoms with Gasteiger partial charge in [-0.3, -0.25) is 9.59 Å². The number of amides is 2. The van der Waals surface area contributed by atoms with Crippen molar-refractivity contribution in [1.29, 1.82) is 0 Å². The normalized spacial score (nSPS) is 12.7. The molecule has 168 valence electrons. The molecular formula is C26H36N2O3.